The van der Waals surface area contributed by atoms with Crippen LogP contribution in [-0.2, 0) is 13.0 Å². The van der Waals surface area contributed by atoms with Gasteiger partial charge in [0.1, 0.15) is 5.82 Å². The number of aromatic nitrogens is 3. The van der Waals surface area contributed by atoms with Crippen LogP contribution in [0.15, 0.2) is 16.5 Å². The fourth-order valence-corrected chi connectivity index (χ4v) is 2.07. The Hall–Kier alpha value is -1.33. The van der Waals surface area contributed by atoms with Crippen LogP contribution in [0.5, 0.6) is 0 Å². The maximum atomic E-state index is 9.62. The van der Waals surface area contributed by atoms with E-state index in [0.29, 0.717) is 23.3 Å². The zero-order chi connectivity index (χ0) is 11.1. The van der Waals surface area contributed by atoms with Crippen molar-refractivity contribution in [3.05, 3.63) is 23.2 Å². The van der Waals surface area contributed by atoms with Crippen molar-refractivity contribution in [2.75, 3.05) is 0 Å². The summed E-state index contributed by atoms with van der Waals surface area (Å²) < 4.78 is 7.17. The third kappa shape index (κ3) is 1.52. The molecule has 0 fully saturated rings. The molecule has 0 bridgehead atoms. The summed E-state index contributed by atoms with van der Waals surface area (Å²) in [6.07, 6.45) is 1.13. The molecule has 1 aliphatic rings. The molecular formula is C10H10ClN3O2. The molecule has 84 valence electrons. The van der Waals surface area contributed by atoms with Crippen LogP contribution in [0.4, 0.5) is 0 Å². The lowest BCUT2D eigenvalue weighted by Crippen LogP contribution is -2.24. The zero-order valence-electron chi connectivity index (χ0n) is 8.43. The Kier molecular flexibility index (Phi) is 2.22. The molecule has 3 heterocycles. The van der Waals surface area contributed by atoms with E-state index in [-0.39, 0.29) is 6.10 Å². The topological polar surface area (TPSA) is 64.1 Å². The van der Waals surface area contributed by atoms with Crippen molar-refractivity contribution in [3.63, 3.8) is 0 Å². The minimum atomic E-state index is -0.340. The molecule has 0 aliphatic carbocycles. The minimum Gasteiger partial charge on any atom is -0.441 e. The molecule has 0 aromatic carbocycles. The molecule has 0 saturated carbocycles. The van der Waals surface area contributed by atoms with Crippen molar-refractivity contribution < 1.29 is 9.52 Å². The summed E-state index contributed by atoms with van der Waals surface area (Å²) in [5.41, 5.74) is 0. The Labute approximate surface area is 96.7 Å². The number of rotatable bonds is 1. The van der Waals surface area contributed by atoms with Crippen molar-refractivity contribution in [1.82, 2.24) is 14.8 Å². The number of aliphatic hydroxyl groups excluding tert-OH is 1. The average Bonchev–Trinajstić information content (AvgIpc) is 2.83. The molecule has 1 unspecified atom stereocenters. The van der Waals surface area contributed by atoms with E-state index < -0.39 is 0 Å². The zero-order valence-corrected chi connectivity index (χ0v) is 9.18. The lowest BCUT2D eigenvalue weighted by atomic mass is 10.1. The van der Waals surface area contributed by atoms with Gasteiger partial charge in [-0.2, -0.15) is 0 Å². The molecular weight excluding hydrogens is 230 g/mol. The monoisotopic (exact) mass is 239 g/mol. The maximum Gasteiger partial charge on any atom is 0.199 e. The van der Waals surface area contributed by atoms with Crippen molar-refractivity contribution in [2.24, 2.45) is 0 Å². The maximum absolute atomic E-state index is 9.62. The van der Waals surface area contributed by atoms with Gasteiger partial charge < -0.3 is 14.1 Å². The summed E-state index contributed by atoms with van der Waals surface area (Å²) in [6, 6.07) is 3.42. The van der Waals surface area contributed by atoms with Gasteiger partial charge in [0, 0.05) is 6.42 Å². The standard InChI is InChI=1S/C10H10ClN3O2/c11-8-3-2-7(16-8)10-13-12-9-4-1-6(15)5-14(9)10/h2-3,6,15H,1,4-5H2. The molecule has 1 aliphatic heterocycles. The number of aliphatic hydroxyl groups is 1. The van der Waals surface area contributed by atoms with Gasteiger partial charge in [0.15, 0.2) is 16.8 Å². The van der Waals surface area contributed by atoms with Crippen LogP contribution in [0.25, 0.3) is 11.6 Å². The lowest BCUT2D eigenvalue weighted by Gasteiger charge is -2.19. The van der Waals surface area contributed by atoms with Gasteiger partial charge in [-0.05, 0) is 30.2 Å². The van der Waals surface area contributed by atoms with Crippen LogP contribution in [0.2, 0.25) is 5.22 Å². The molecule has 2 aromatic rings. The average molecular weight is 240 g/mol. The van der Waals surface area contributed by atoms with E-state index in [9.17, 15) is 5.11 Å². The number of furan rings is 1. The minimum absolute atomic E-state index is 0.323. The third-order valence-electron chi connectivity index (χ3n) is 2.72. The Bertz CT molecular complexity index is 520. The van der Waals surface area contributed by atoms with Gasteiger partial charge >= 0.3 is 0 Å². The van der Waals surface area contributed by atoms with Gasteiger partial charge in [-0.25, -0.2) is 0 Å². The Balaban J connectivity index is 2.06. The number of hydrogen-bond acceptors (Lipinski definition) is 4. The van der Waals surface area contributed by atoms with Crippen molar-refractivity contribution in [3.8, 4) is 11.6 Å². The quantitative estimate of drug-likeness (QED) is 0.819. The van der Waals surface area contributed by atoms with Crippen LogP contribution in [0, 0.1) is 0 Å². The molecule has 0 amide bonds. The molecule has 1 N–H and O–H groups in total. The number of nitrogens with zero attached hydrogens (tertiary/aromatic N) is 3. The van der Waals surface area contributed by atoms with E-state index >= 15 is 0 Å². The highest BCUT2D eigenvalue weighted by molar-refractivity contribution is 6.28. The van der Waals surface area contributed by atoms with Crippen LogP contribution in [0.3, 0.4) is 0 Å². The summed E-state index contributed by atoms with van der Waals surface area (Å²) in [6.45, 7) is 0.510. The number of aryl methyl sites for hydroxylation is 1. The van der Waals surface area contributed by atoms with Gasteiger partial charge in [-0.3, -0.25) is 0 Å². The summed E-state index contributed by atoms with van der Waals surface area (Å²) in [7, 11) is 0. The van der Waals surface area contributed by atoms with Crippen molar-refractivity contribution in [1.29, 1.82) is 0 Å². The van der Waals surface area contributed by atoms with Gasteiger partial charge in [-0.1, -0.05) is 0 Å². The van der Waals surface area contributed by atoms with E-state index in [0.717, 1.165) is 18.7 Å². The first-order valence-corrected chi connectivity index (χ1v) is 5.47. The fourth-order valence-electron chi connectivity index (χ4n) is 1.93. The molecule has 0 saturated heterocycles. The first kappa shape index (κ1) is 9.86. The van der Waals surface area contributed by atoms with Crippen molar-refractivity contribution >= 4 is 11.6 Å². The largest absolute Gasteiger partial charge is 0.441 e. The highest BCUT2D eigenvalue weighted by Gasteiger charge is 2.23. The number of halogens is 1. The molecule has 0 spiro atoms. The molecule has 1 atom stereocenters. The lowest BCUT2D eigenvalue weighted by molar-refractivity contribution is 0.131. The van der Waals surface area contributed by atoms with Crippen LogP contribution < -0.4 is 0 Å². The predicted octanol–water partition coefficient (Wildman–Crippen LogP) is 1.50. The Morgan fingerprint density at radius 2 is 2.31 bits per heavy atom. The second-order valence-corrected chi connectivity index (χ2v) is 4.22. The number of fused-ring (bicyclic) bond motifs is 1. The second kappa shape index (κ2) is 3.61. The molecule has 2 aromatic heterocycles. The van der Waals surface area contributed by atoms with E-state index in [1.54, 1.807) is 12.1 Å². The predicted molar refractivity (Wildman–Crippen MR) is 57.1 cm³/mol. The fraction of sp³-hybridized carbons (Fsp3) is 0.400. The van der Waals surface area contributed by atoms with E-state index in [1.807, 2.05) is 4.57 Å². The van der Waals surface area contributed by atoms with Crippen LogP contribution >= 0.6 is 11.6 Å². The van der Waals surface area contributed by atoms with E-state index in [4.69, 9.17) is 16.0 Å². The van der Waals surface area contributed by atoms with Gasteiger partial charge in [0.05, 0.1) is 12.6 Å². The van der Waals surface area contributed by atoms with Crippen molar-refractivity contribution in [2.45, 2.75) is 25.5 Å². The smallest absolute Gasteiger partial charge is 0.199 e. The highest BCUT2D eigenvalue weighted by atomic mass is 35.5. The second-order valence-electron chi connectivity index (χ2n) is 3.85. The molecule has 6 heteroatoms. The van der Waals surface area contributed by atoms with Crippen LogP contribution in [-0.4, -0.2) is 26.0 Å². The Morgan fingerprint density at radius 3 is 3.06 bits per heavy atom. The van der Waals surface area contributed by atoms with Gasteiger partial charge in [-0.15, -0.1) is 10.2 Å². The summed E-state index contributed by atoms with van der Waals surface area (Å²) in [5, 5.41) is 18.1. The van der Waals surface area contributed by atoms with Gasteiger partial charge in [0.2, 0.25) is 0 Å². The number of hydrogen-bond donors (Lipinski definition) is 1. The SMILES string of the molecule is OC1CCc2nnc(-c3ccc(Cl)o3)n2C1. The normalized spacial score (nSPS) is 19.8. The van der Waals surface area contributed by atoms with Gasteiger partial charge in [0.25, 0.3) is 0 Å². The molecule has 0 radical (unpaired) electrons. The van der Waals surface area contributed by atoms with E-state index in [2.05, 4.69) is 10.2 Å². The van der Waals surface area contributed by atoms with E-state index in [1.165, 1.54) is 0 Å². The molecule has 16 heavy (non-hydrogen) atoms. The highest BCUT2D eigenvalue weighted by Crippen LogP contribution is 2.26. The first-order chi connectivity index (χ1) is 7.74. The molecule has 5 nitrogen and oxygen atoms in total. The summed E-state index contributed by atoms with van der Waals surface area (Å²) >= 11 is 5.72. The Morgan fingerprint density at radius 1 is 1.44 bits per heavy atom. The summed E-state index contributed by atoms with van der Waals surface area (Å²) in [5.74, 6) is 2.09. The first-order valence-electron chi connectivity index (χ1n) is 5.10. The third-order valence-corrected chi connectivity index (χ3v) is 2.92. The van der Waals surface area contributed by atoms with Crippen LogP contribution in [0.1, 0.15) is 12.2 Å². The summed E-state index contributed by atoms with van der Waals surface area (Å²) in [4.78, 5) is 0. The molecule has 3 rings (SSSR count).